The predicted octanol–water partition coefficient (Wildman–Crippen LogP) is 3.87. The molecule has 1 saturated carbocycles. The standard InChI is InChI=1S/C14H27NO2/c1-11-7-6-9-14(5,10-8-11)15-12(16)17-13(2,3)4/h11H,6-10H2,1-5H3,(H,15,16)/t11-,14-/m0/s1. The number of amides is 1. The average Bonchev–Trinajstić information content (AvgIpc) is 2.25. The van der Waals surface area contributed by atoms with E-state index in [0.29, 0.717) is 0 Å². The Hall–Kier alpha value is -0.730. The molecule has 0 aromatic heterocycles. The summed E-state index contributed by atoms with van der Waals surface area (Å²) in [5.74, 6) is 0.775. The van der Waals surface area contributed by atoms with E-state index in [-0.39, 0.29) is 11.6 Å². The highest BCUT2D eigenvalue weighted by Crippen LogP contribution is 2.30. The number of carbonyl (C=O) groups excluding carboxylic acids is 1. The van der Waals surface area contributed by atoms with Gasteiger partial charge in [-0.1, -0.05) is 19.8 Å². The first kappa shape index (κ1) is 14.3. The third-order valence-corrected chi connectivity index (χ3v) is 3.42. The van der Waals surface area contributed by atoms with Crippen molar-refractivity contribution in [2.24, 2.45) is 5.92 Å². The lowest BCUT2D eigenvalue weighted by atomic mass is 9.92. The second kappa shape index (κ2) is 5.28. The maximum absolute atomic E-state index is 11.8. The molecule has 0 heterocycles. The summed E-state index contributed by atoms with van der Waals surface area (Å²) in [7, 11) is 0. The van der Waals surface area contributed by atoms with Gasteiger partial charge in [-0.15, -0.1) is 0 Å². The van der Waals surface area contributed by atoms with Crippen LogP contribution in [-0.2, 0) is 4.74 Å². The lowest BCUT2D eigenvalue weighted by Crippen LogP contribution is -2.47. The molecule has 1 rings (SSSR count). The molecule has 1 aliphatic carbocycles. The van der Waals surface area contributed by atoms with E-state index in [4.69, 9.17) is 4.74 Å². The number of nitrogens with one attached hydrogen (secondary N) is 1. The molecule has 100 valence electrons. The summed E-state index contributed by atoms with van der Waals surface area (Å²) in [6, 6.07) is 0. The Bertz CT molecular complexity index is 270. The van der Waals surface area contributed by atoms with Crippen LogP contribution < -0.4 is 5.32 Å². The van der Waals surface area contributed by atoms with E-state index < -0.39 is 5.60 Å². The third-order valence-electron chi connectivity index (χ3n) is 3.42. The highest BCUT2D eigenvalue weighted by molar-refractivity contribution is 5.68. The Morgan fingerprint density at radius 3 is 2.53 bits per heavy atom. The van der Waals surface area contributed by atoms with Crippen LogP contribution in [0.5, 0.6) is 0 Å². The monoisotopic (exact) mass is 241 g/mol. The first-order valence-electron chi connectivity index (χ1n) is 6.71. The van der Waals surface area contributed by atoms with Crippen molar-refractivity contribution in [2.45, 2.75) is 77.9 Å². The van der Waals surface area contributed by atoms with Crippen LogP contribution in [0.25, 0.3) is 0 Å². The molecule has 1 aliphatic rings. The Labute approximate surface area is 105 Å². The molecule has 3 nitrogen and oxygen atoms in total. The topological polar surface area (TPSA) is 38.3 Å². The van der Waals surface area contributed by atoms with Gasteiger partial charge in [-0.05, 0) is 52.9 Å². The van der Waals surface area contributed by atoms with Gasteiger partial charge in [0.1, 0.15) is 5.60 Å². The molecule has 0 unspecified atom stereocenters. The van der Waals surface area contributed by atoms with Gasteiger partial charge >= 0.3 is 6.09 Å². The van der Waals surface area contributed by atoms with Crippen molar-refractivity contribution < 1.29 is 9.53 Å². The van der Waals surface area contributed by atoms with Crippen molar-refractivity contribution in [1.29, 1.82) is 0 Å². The first-order chi connectivity index (χ1) is 7.70. The number of alkyl carbamates (subject to hydrolysis) is 1. The van der Waals surface area contributed by atoms with Crippen molar-refractivity contribution in [3.8, 4) is 0 Å². The fraction of sp³-hybridized carbons (Fsp3) is 0.929. The summed E-state index contributed by atoms with van der Waals surface area (Å²) < 4.78 is 5.32. The van der Waals surface area contributed by atoms with Crippen LogP contribution in [-0.4, -0.2) is 17.2 Å². The van der Waals surface area contributed by atoms with Gasteiger partial charge in [-0.3, -0.25) is 0 Å². The molecular formula is C14H27NO2. The fourth-order valence-electron chi connectivity index (χ4n) is 2.35. The maximum Gasteiger partial charge on any atom is 0.408 e. The zero-order valence-electron chi connectivity index (χ0n) is 11.9. The Kier molecular flexibility index (Phi) is 4.45. The zero-order valence-corrected chi connectivity index (χ0v) is 11.9. The van der Waals surface area contributed by atoms with Crippen LogP contribution in [0, 0.1) is 5.92 Å². The van der Waals surface area contributed by atoms with Gasteiger partial charge in [0, 0.05) is 5.54 Å². The molecule has 0 aromatic rings. The van der Waals surface area contributed by atoms with Gasteiger partial charge in [0.25, 0.3) is 0 Å². The minimum absolute atomic E-state index is 0.0902. The van der Waals surface area contributed by atoms with Crippen LogP contribution in [0.2, 0.25) is 0 Å². The molecule has 0 aliphatic heterocycles. The summed E-state index contributed by atoms with van der Waals surface area (Å²) in [4.78, 5) is 11.8. The molecule has 2 atom stereocenters. The minimum Gasteiger partial charge on any atom is -0.444 e. The molecule has 0 saturated heterocycles. The highest BCUT2D eigenvalue weighted by atomic mass is 16.6. The lowest BCUT2D eigenvalue weighted by Gasteiger charge is -2.31. The quantitative estimate of drug-likeness (QED) is 0.708. The van der Waals surface area contributed by atoms with Crippen molar-refractivity contribution in [3.05, 3.63) is 0 Å². The third kappa shape index (κ3) is 5.42. The Balaban J connectivity index is 2.51. The molecule has 0 radical (unpaired) electrons. The number of ether oxygens (including phenoxy) is 1. The van der Waals surface area contributed by atoms with E-state index in [1.54, 1.807) is 0 Å². The van der Waals surface area contributed by atoms with E-state index in [1.165, 1.54) is 19.3 Å². The lowest BCUT2D eigenvalue weighted by molar-refractivity contribution is 0.0453. The molecular weight excluding hydrogens is 214 g/mol. The van der Waals surface area contributed by atoms with E-state index in [0.717, 1.165) is 18.8 Å². The maximum atomic E-state index is 11.8. The van der Waals surface area contributed by atoms with Crippen molar-refractivity contribution in [1.82, 2.24) is 5.32 Å². The van der Waals surface area contributed by atoms with Crippen molar-refractivity contribution >= 4 is 6.09 Å². The summed E-state index contributed by atoms with van der Waals surface area (Å²) >= 11 is 0. The van der Waals surface area contributed by atoms with Gasteiger partial charge in [-0.25, -0.2) is 4.79 Å². The van der Waals surface area contributed by atoms with E-state index in [2.05, 4.69) is 19.2 Å². The van der Waals surface area contributed by atoms with E-state index in [1.807, 2.05) is 20.8 Å². The highest BCUT2D eigenvalue weighted by Gasteiger charge is 2.30. The second-order valence-electron chi connectivity index (χ2n) is 6.72. The Morgan fingerprint density at radius 2 is 1.94 bits per heavy atom. The fourth-order valence-corrected chi connectivity index (χ4v) is 2.35. The van der Waals surface area contributed by atoms with Crippen LogP contribution in [0.3, 0.4) is 0 Å². The summed E-state index contributed by atoms with van der Waals surface area (Å²) in [5.41, 5.74) is -0.508. The SMILES string of the molecule is C[C@H]1CCC[C@](C)(NC(=O)OC(C)(C)C)CC1. The van der Waals surface area contributed by atoms with E-state index >= 15 is 0 Å². The largest absolute Gasteiger partial charge is 0.444 e. The number of rotatable bonds is 1. The minimum atomic E-state index is -0.418. The van der Waals surface area contributed by atoms with Gasteiger partial charge in [0.05, 0.1) is 0 Å². The molecule has 0 aromatic carbocycles. The van der Waals surface area contributed by atoms with Gasteiger partial charge in [-0.2, -0.15) is 0 Å². The summed E-state index contributed by atoms with van der Waals surface area (Å²) in [6.07, 6.45) is 5.46. The Morgan fingerprint density at radius 1 is 1.29 bits per heavy atom. The normalized spacial score (nSPS) is 30.5. The predicted molar refractivity (Wildman–Crippen MR) is 70.0 cm³/mol. The van der Waals surface area contributed by atoms with Crippen LogP contribution in [0.4, 0.5) is 4.79 Å². The number of hydrogen-bond acceptors (Lipinski definition) is 2. The van der Waals surface area contributed by atoms with Gasteiger partial charge < -0.3 is 10.1 Å². The van der Waals surface area contributed by atoms with Gasteiger partial charge in [0.15, 0.2) is 0 Å². The van der Waals surface area contributed by atoms with Crippen LogP contribution in [0.1, 0.15) is 66.7 Å². The summed E-state index contributed by atoms with van der Waals surface area (Å²) in [5, 5.41) is 3.05. The van der Waals surface area contributed by atoms with Crippen molar-refractivity contribution in [2.75, 3.05) is 0 Å². The molecule has 0 bridgehead atoms. The average molecular weight is 241 g/mol. The molecule has 17 heavy (non-hydrogen) atoms. The first-order valence-corrected chi connectivity index (χ1v) is 6.71. The van der Waals surface area contributed by atoms with Crippen LogP contribution >= 0.6 is 0 Å². The van der Waals surface area contributed by atoms with E-state index in [9.17, 15) is 4.79 Å². The molecule has 3 heteroatoms. The molecule has 0 spiro atoms. The molecule has 1 N–H and O–H groups in total. The zero-order chi connectivity index (χ0) is 13.1. The summed E-state index contributed by atoms with van der Waals surface area (Å²) in [6.45, 7) is 10.1. The van der Waals surface area contributed by atoms with Gasteiger partial charge in [0.2, 0.25) is 0 Å². The second-order valence-corrected chi connectivity index (χ2v) is 6.72. The van der Waals surface area contributed by atoms with Crippen molar-refractivity contribution in [3.63, 3.8) is 0 Å². The van der Waals surface area contributed by atoms with Crippen LogP contribution in [0.15, 0.2) is 0 Å². The number of hydrogen-bond donors (Lipinski definition) is 1. The molecule has 1 fully saturated rings. The smallest absolute Gasteiger partial charge is 0.408 e. The molecule has 1 amide bonds. The number of carbonyl (C=O) groups is 1.